The van der Waals surface area contributed by atoms with Crippen LogP contribution >= 0.6 is 7.82 Å². The Morgan fingerprint density at radius 3 is 1.19 bits per heavy atom. The molecule has 0 amide bonds. The molecule has 0 aromatic rings. The fraction of sp³-hybridized carbons (Fsp3) is 0.500. The Morgan fingerprint density at radius 1 is 0.905 bits per heavy atom. The van der Waals surface area contributed by atoms with Crippen molar-refractivity contribution in [2.24, 2.45) is 0 Å². The van der Waals surface area contributed by atoms with Gasteiger partial charge in [0.25, 0.3) is 0 Å². The topological polar surface area (TPSA) is 218 Å². The number of aliphatic hydroxyl groups is 1. The van der Waals surface area contributed by atoms with Gasteiger partial charge in [-0.1, -0.05) is 0 Å². The van der Waals surface area contributed by atoms with Gasteiger partial charge in [-0.05, 0) is 0 Å². The number of rotatable bonds is 5. The average Bonchev–Trinajstić information content (AvgIpc) is 1.95. The normalized spacial score (nSPS) is 9.52. The van der Waals surface area contributed by atoms with Crippen LogP contribution in [0.1, 0.15) is 12.8 Å². The van der Waals surface area contributed by atoms with Crippen LogP contribution in [0, 0.1) is 0 Å². The van der Waals surface area contributed by atoms with E-state index in [1.165, 1.54) is 0 Å². The third-order valence-corrected chi connectivity index (χ3v) is 1.25. The Hall–Kier alpha value is 2.75. The number of hydrogen-bond acceptors (Lipinski definition) is 8. The van der Waals surface area contributed by atoms with E-state index < -0.39 is 44.2 Å². The van der Waals surface area contributed by atoms with E-state index >= 15 is 0 Å². The summed E-state index contributed by atoms with van der Waals surface area (Å²) < 4.78 is 8.88. The molecule has 0 rings (SSSR count). The van der Waals surface area contributed by atoms with Gasteiger partial charge in [0.05, 0.1) is 5.97 Å². The average molecular weight is 388 g/mol. The van der Waals surface area contributed by atoms with Crippen LogP contribution < -0.4 is 148 Å². The second-order valence-corrected chi connectivity index (χ2v) is 3.96. The molecule has 0 aliphatic heterocycles. The van der Waals surface area contributed by atoms with E-state index in [1.807, 2.05) is 0 Å². The molecule has 0 aromatic heterocycles. The Balaban J connectivity index is -0.0000000933. The van der Waals surface area contributed by atoms with E-state index in [-0.39, 0.29) is 132 Å². The third-order valence-electron chi connectivity index (χ3n) is 1.25. The quantitative estimate of drug-likeness (QED) is 0.256. The molecule has 0 bridgehead atoms. The van der Waals surface area contributed by atoms with Gasteiger partial charge in [0.15, 0.2) is 0 Å². The van der Waals surface area contributed by atoms with Crippen LogP contribution in [0.25, 0.3) is 0 Å². The number of phosphoric acid groups is 1. The summed E-state index contributed by atoms with van der Waals surface area (Å²) in [5.41, 5.74) is -2.97. The zero-order valence-corrected chi connectivity index (χ0v) is 20.6. The molecule has 0 unspecified atom stereocenters. The summed E-state index contributed by atoms with van der Waals surface area (Å²) in [5.74, 6) is -5.98. The van der Waals surface area contributed by atoms with Crippen LogP contribution in [0.15, 0.2) is 0 Å². The largest absolute Gasteiger partial charge is 1.00 e. The first kappa shape index (κ1) is 35.0. The number of carboxylic acid groups (broad SMARTS) is 3. The van der Waals surface area contributed by atoms with E-state index in [9.17, 15) is 29.7 Å². The monoisotopic (exact) mass is 388 g/mol. The molecule has 0 saturated heterocycles. The molecule has 0 atom stereocenters. The Kier molecular flexibility index (Phi) is 27.0. The first-order chi connectivity index (χ1) is 7.78. The van der Waals surface area contributed by atoms with Gasteiger partial charge in [-0.3, -0.25) is 0 Å². The molecule has 15 heteroatoms. The number of hydrogen-bond donors (Lipinski definition) is 4. The summed E-state index contributed by atoms with van der Waals surface area (Å²) in [4.78, 5) is 51.6. The Labute approximate surface area is 225 Å². The van der Waals surface area contributed by atoms with Crippen LogP contribution in [0.2, 0.25) is 0 Å². The van der Waals surface area contributed by atoms with Crippen molar-refractivity contribution in [1.29, 1.82) is 0 Å². The number of carbonyl (C=O) groups is 3. The maximum Gasteiger partial charge on any atom is 1.00 e. The molecule has 0 spiro atoms. The second-order valence-electron chi connectivity index (χ2n) is 2.93. The smallest absolute Gasteiger partial charge is 0.550 e. The minimum Gasteiger partial charge on any atom is -0.550 e. The molecule has 0 aromatic carbocycles. The van der Waals surface area contributed by atoms with Crippen molar-refractivity contribution < 1.29 is 186 Å². The van der Waals surface area contributed by atoms with Crippen LogP contribution in [0.4, 0.5) is 0 Å². The van der Waals surface area contributed by atoms with Gasteiger partial charge in [0.1, 0.15) is 5.60 Å². The van der Waals surface area contributed by atoms with Crippen molar-refractivity contribution in [3.8, 4) is 0 Å². The number of carboxylic acids is 3. The van der Waals surface area contributed by atoms with Crippen molar-refractivity contribution >= 4 is 25.7 Å². The number of carbonyl (C=O) groups excluding carboxylic acids is 3. The van der Waals surface area contributed by atoms with E-state index in [0.29, 0.717) is 0 Å². The van der Waals surface area contributed by atoms with Crippen molar-refractivity contribution in [2.45, 2.75) is 18.4 Å². The minimum atomic E-state index is -4.64. The number of aliphatic carboxylic acids is 3. The van der Waals surface area contributed by atoms with Gasteiger partial charge >= 0.3 is 140 Å². The standard InChI is InChI=1S/C6H8O7.2K.Na.H3O4P/c7-3(8)1-6(13,5(11)12)2-4(9)10;;;;1-5(2,3)4/h13H,1-2H2,(H,7,8)(H,9,10)(H,11,12);;;;(H3,1,2,3,4)/q;3*+1;/p-3. The second kappa shape index (κ2) is 16.2. The molecule has 0 heterocycles. The summed E-state index contributed by atoms with van der Waals surface area (Å²) in [6.07, 6.45) is -2.72. The van der Waals surface area contributed by atoms with E-state index in [2.05, 4.69) is 0 Å². The zero-order valence-electron chi connectivity index (χ0n) is 11.5. The molecule has 0 radical (unpaired) electrons. The van der Waals surface area contributed by atoms with E-state index in [1.54, 1.807) is 0 Å². The molecule has 0 fully saturated rings. The van der Waals surface area contributed by atoms with Gasteiger partial charge in [-0.15, -0.1) is 0 Å². The van der Waals surface area contributed by atoms with Gasteiger partial charge < -0.3 is 49.5 Å². The van der Waals surface area contributed by atoms with Crippen LogP contribution in [-0.2, 0) is 18.9 Å². The maximum atomic E-state index is 10.1. The van der Waals surface area contributed by atoms with Crippen molar-refractivity contribution in [2.75, 3.05) is 0 Å². The summed E-state index contributed by atoms with van der Waals surface area (Å²) in [6.45, 7) is 0. The van der Waals surface area contributed by atoms with Crippen LogP contribution in [-0.4, -0.2) is 43.3 Å². The fourth-order valence-corrected chi connectivity index (χ4v) is 0.684. The van der Waals surface area contributed by atoms with E-state index in [4.69, 9.17) is 24.4 Å². The summed E-state index contributed by atoms with van der Waals surface area (Å²) >= 11 is 0. The summed E-state index contributed by atoms with van der Waals surface area (Å²) in [6, 6.07) is 0. The molecular formula is C6H8K2NaO11P. The Bertz CT molecular complexity index is 359. The van der Waals surface area contributed by atoms with Crippen molar-refractivity contribution in [3.05, 3.63) is 0 Å². The first-order valence-corrected chi connectivity index (χ1v) is 5.46. The fourth-order valence-electron chi connectivity index (χ4n) is 0.684. The molecule has 21 heavy (non-hydrogen) atoms. The Morgan fingerprint density at radius 2 is 1.10 bits per heavy atom. The molecule has 0 aliphatic carbocycles. The maximum absolute atomic E-state index is 10.1. The predicted octanol–water partition coefficient (Wildman–Crippen LogP) is -15.2. The molecule has 4 N–H and O–H groups in total. The predicted molar refractivity (Wildman–Crippen MR) is 43.5 cm³/mol. The molecule has 11 nitrogen and oxygen atoms in total. The third kappa shape index (κ3) is 27.9. The van der Waals surface area contributed by atoms with Crippen LogP contribution in [0.3, 0.4) is 0 Å². The molecule has 0 aliphatic rings. The SMILES string of the molecule is O=C([O-])CC(O)(CC(=O)[O-])C(=O)[O-].O=P(O)(O)O.[K+].[K+].[Na+]. The first-order valence-electron chi connectivity index (χ1n) is 3.90. The van der Waals surface area contributed by atoms with Crippen LogP contribution in [0.5, 0.6) is 0 Å². The van der Waals surface area contributed by atoms with Gasteiger partial charge in [-0.2, -0.15) is 0 Å². The molecular weight excluding hydrogens is 380 g/mol. The van der Waals surface area contributed by atoms with Crippen molar-refractivity contribution in [1.82, 2.24) is 0 Å². The minimum absolute atomic E-state index is 0. The van der Waals surface area contributed by atoms with E-state index in [0.717, 1.165) is 0 Å². The zero-order chi connectivity index (χ0) is 15.1. The molecule has 0 saturated carbocycles. The molecule has 106 valence electrons. The summed E-state index contributed by atoms with van der Waals surface area (Å²) in [7, 11) is -4.64. The van der Waals surface area contributed by atoms with Gasteiger partial charge in [0, 0.05) is 24.8 Å². The summed E-state index contributed by atoms with van der Waals surface area (Å²) in [5, 5.41) is 38.9. The van der Waals surface area contributed by atoms with Gasteiger partial charge in [0.2, 0.25) is 0 Å². The van der Waals surface area contributed by atoms with Gasteiger partial charge in [-0.25, -0.2) is 4.57 Å². The van der Waals surface area contributed by atoms with Crippen molar-refractivity contribution in [3.63, 3.8) is 0 Å².